The molecule has 2 unspecified atom stereocenters. The molecule has 15 heteroatoms. The summed E-state index contributed by atoms with van der Waals surface area (Å²) in [5.41, 5.74) is 2.18. The minimum absolute atomic E-state index is 0.107. The summed E-state index contributed by atoms with van der Waals surface area (Å²) in [5.74, 6) is 0.446. The highest BCUT2D eigenvalue weighted by atomic mass is 35.5. The highest BCUT2D eigenvalue weighted by Crippen LogP contribution is 2.55. The summed E-state index contributed by atoms with van der Waals surface area (Å²) in [6.45, 7) is 14.7. The van der Waals surface area contributed by atoms with Crippen molar-refractivity contribution < 1.29 is 29.0 Å². The van der Waals surface area contributed by atoms with Crippen LogP contribution in [0.25, 0.3) is 0 Å². The molecule has 5 aliphatic rings. The number of hydrogen-bond donors (Lipinski definition) is 3. The van der Waals surface area contributed by atoms with E-state index in [9.17, 15) is 29.5 Å². The van der Waals surface area contributed by atoms with Gasteiger partial charge in [0.2, 0.25) is 11.8 Å². The van der Waals surface area contributed by atoms with Crippen molar-refractivity contribution in [1.82, 2.24) is 25.4 Å². The maximum absolute atomic E-state index is 13.5. The van der Waals surface area contributed by atoms with Gasteiger partial charge < -0.3 is 25.0 Å². The van der Waals surface area contributed by atoms with Crippen LogP contribution in [-0.2, 0) is 9.59 Å². The van der Waals surface area contributed by atoms with Crippen molar-refractivity contribution in [3.05, 3.63) is 82.0 Å². The van der Waals surface area contributed by atoms with Gasteiger partial charge in [0.25, 0.3) is 11.8 Å². The summed E-state index contributed by atoms with van der Waals surface area (Å²) in [6.07, 6.45) is 3.71. The van der Waals surface area contributed by atoms with Crippen LogP contribution >= 0.6 is 11.6 Å². The highest BCUT2D eigenvalue weighted by molar-refractivity contribution is 6.31. The van der Waals surface area contributed by atoms with Gasteiger partial charge in [-0.25, -0.2) is 4.98 Å². The largest absolute Gasteiger partial charge is 0.489 e. The SMILES string of the molecule is CC1(C)[C@H](NC(=O)c2ccc(N3CCC(CCN4CCN(c5cc6c(cn5)C(=O)N(C5CCC(=O)NC5=O)C6O)CC4)CC3)cc2)C(C)(C)[C@H]1Oc1ccc(C#N)c(Cl)c1. The van der Waals surface area contributed by atoms with Crippen LogP contribution in [0.5, 0.6) is 5.75 Å². The Balaban J connectivity index is 0.769. The fourth-order valence-corrected chi connectivity index (χ4v) is 10.6. The first-order chi connectivity index (χ1) is 28.6. The van der Waals surface area contributed by atoms with Gasteiger partial charge in [-0.15, -0.1) is 0 Å². The lowest BCUT2D eigenvalue weighted by Crippen LogP contribution is -2.74. The molecule has 5 heterocycles. The Morgan fingerprint density at radius 2 is 1.67 bits per heavy atom. The molecular weight excluding hydrogens is 784 g/mol. The van der Waals surface area contributed by atoms with Crippen molar-refractivity contribution in [2.24, 2.45) is 16.7 Å². The fourth-order valence-electron chi connectivity index (χ4n) is 10.4. The van der Waals surface area contributed by atoms with Crippen LogP contribution < -0.4 is 25.2 Å². The van der Waals surface area contributed by atoms with Crippen LogP contribution in [0, 0.1) is 28.1 Å². The van der Waals surface area contributed by atoms with E-state index in [2.05, 4.69) is 76.2 Å². The molecule has 60 heavy (non-hydrogen) atoms. The average Bonchev–Trinajstić information content (AvgIpc) is 3.49. The maximum atomic E-state index is 13.5. The van der Waals surface area contributed by atoms with E-state index in [0.717, 1.165) is 70.8 Å². The van der Waals surface area contributed by atoms with Gasteiger partial charge in [-0.1, -0.05) is 39.3 Å². The Bertz CT molecular complexity index is 2190. The smallest absolute Gasteiger partial charge is 0.258 e. The zero-order valence-electron chi connectivity index (χ0n) is 34.6. The lowest BCUT2D eigenvalue weighted by molar-refractivity contribution is -0.164. The molecular formula is C45H53ClN8O6. The van der Waals surface area contributed by atoms with E-state index >= 15 is 0 Å². The number of carbonyl (C=O) groups excluding carboxylic acids is 4. The molecule has 1 saturated carbocycles. The van der Waals surface area contributed by atoms with Crippen LogP contribution in [0.15, 0.2) is 54.7 Å². The quantitative estimate of drug-likeness (QED) is 0.238. The highest BCUT2D eigenvalue weighted by Gasteiger charge is 2.64. The molecule has 4 fully saturated rings. The van der Waals surface area contributed by atoms with Crippen LogP contribution in [0.2, 0.25) is 5.02 Å². The predicted octanol–water partition coefficient (Wildman–Crippen LogP) is 4.90. The number of halogens is 1. The molecule has 316 valence electrons. The van der Waals surface area contributed by atoms with Gasteiger partial charge in [0.15, 0.2) is 6.23 Å². The third kappa shape index (κ3) is 7.79. The number of aromatic nitrogens is 1. The summed E-state index contributed by atoms with van der Waals surface area (Å²) < 4.78 is 6.38. The van der Waals surface area contributed by atoms with Crippen molar-refractivity contribution in [2.75, 3.05) is 55.6 Å². The Morgan fingerprint density at radius 3 is 2.32 bits per heavy atom. The summed E-state index contributed by atoms with van der Waals surface area (Å²) in [7, 11) is 0. The number of amides is 4. The number of fused-ring (bicyclic) bond motifs is 1. The molecule has 2 atom stereocenters. The number of anilines is 2. The van der Waals surface area contributed by atoms with E-state index in [1.165, 1.54) is 11.1 Å². The van der Waals surface area contributed by atoms with Crippen LogP contribution in [0.3, 0.4) is 0 Å². The molecule has 2 aromatic carbocycles. The number of ether oxygens (including phenoxy) is 1. The third-order valence-electron chi connectivity index (χ3n) is 13.6. The van der Waals surface area contributed by atoms with Crippen molar-refractivity contribution in [3.63, 3.8) is 0 Å². The number of benzene rings is 2. The first kappa shape index (κ1) is 41.5. The molecule has 14 nitrogen and oxygen atoms in total. The number of hydrogen-bond acceptors (Lipinski definition) is 11. The first-order valence-corrected chi connectivity index (χ1v) is 21.4. The second-order valence-electron chi connectivity index (χ2n) is 18.1. The van der Waals surface area contributed by atoms with E-state index in [-0.39, 0.29) is 53.2 Å². The lowest BCUT2D eigenvalue weighted by Gasteiger charge is -2.63. The Hall–Kier alpha value is -5.23. The lowest BCUT2D eigenvalue weighted by atomic mass is 9.49. The molecule has 3 saturated heterocycles. The first-order valence-electron chi connectivity index (χ1n) is 21.0. The number of piperazine rings is 1. The van der Waals surface area contributed by atoms with Gasteiger partial charge in [0, 0.05) is 91.6 Å². The van der Waals surface area contributed by atoms with Gasteiger partial charge in [-0.2, -0.15) is 5.26 Å². The predicted molar refractivity (Wildman–Crippen MR) is 226 cm³/mol. The monoisotopic (exact) mass is 836 g/mol. The molecule has 0 bridgehead atoms. The number of aliphatic hydroxyl groups excluding tert-OH is 1. The number of aliphatic hydroxyl groups is 1. The molecule has 3 aromatic rings. The third-order valence-corrected chi connectivity index (χ3v) is 13.9. The molecule has 8 rings (SSSR count). The Morgan fingerprint density at radius 1 is 0.967 bits per heavy atom. The number of imide groups is 1. The number of nitrogens with zero attached hydrogens (tertiary/aromatic N) is 6. The molecule has 0 radical (unpaired) electrons. The fraction of sp³-hybridized carbons (Fsp3) is 0.511. The summed E-state index contributed by atoms with van der Waals surface area (Å²) in [6, 6.07) is 15.8. The van der Waals surface area contributed by atoms with Crippen molar-refractivity contribution in [1.29, 1.82) is 5.26 Å². The van der Waals surface area contributed by atoms with Crippen molar-refractivity contribution in [3.8, 4) is 11.8 Å². The normalized spacial score (nSPS) is 25.3. The van der Waals surface area contributed by atoms with E-state index in [4.69, 9.17) is 16.3 Å². The molecule has 0 spiro atoms. The Labute approximate surface area is 355 Å². The Kier molecular flexibility index (Phi) is 11.3. The van der Waals surface area contributed by atoms with Gasteiger partial charge in [-0.05, 0) is 80.6 Å². The minimum atomic E-state index is -1.27. The number of nitriles is 1. The molecule has 1 aliphatic carbocycles. The zero-order chi connectivity index (χ0) is 42.5. The second-order valence-corrected chi connectivity index (χ2v) is 18.5. The molecule has 4 amide bonds. The van der Waals surface area contributed by atoms with Gasteiger partial charge >= 0.3 is 0 Å². The van der Waals surface area contributed by atoms with E-state index in [0.29, 0.717) is 39.2 Å². The van der Waals surface area contributed by atoms with Gasteiger partial charge in [0.1, 0.15) is 29.8 Å². The molecule has 1 aromatic heterocycles. The van der Waals surface area contributed by atoms with E-state index in [1.54, 1.807) is 24.3 Å². The summed E-state index contributed by atoms with van der Waals surface area (Å²) >= 11 is 6.25. The number of piperidine rings is 2. The van der Waals surface area contributed by atoms with E-state index < -0.39 is 24.1 Å². The van der Waals surface area contributed by atoms with Crippen molar-refractivity contribution in [2.45, 2.75) is 84.2 Å². The van der Waals surface area contributed by atoms with Gasteiger partial charge in [0.05, 0.1) is 16.1 Å². The van der Waals surface area contributed by atoms with Crippen LogP contribution in [0.1, 0.15) is 97.9 Å². The minimum Gasteiger partial charge on any atom is -0.489 e. The second kappa shape index (κ2) is 16.3. The topological polar surface area (TPSA) is 171 Å². The summed E-state index contributed by atoms with van der Waals surface area (Å²) in [5, 5.41) is 26.2. The number of rotatable bonds is 10. The average molecular weight is 837 g/mol. The number of pyridine rings is 1. The number of nitrogens with one attached hydrogen (secondary N) is 2. The maximum Gasteiger partial charge on any atom is 0.258 e. The van der Waals surface area contributed by atoms with Crippen molar-refractivity contribution >= 4 is 46.7 Å². The van der Waals surface area contributed by atoms with Crippen LogP contribution in [-0.4, -0.2) is 108 Å². The van der Waals surface area contributed by atoms with Crippen LogP contribution in [0.4, 0.5) is 11.5 Å². The molecule has 3 N–H and O–H groups in total. The zero-order valence-corrected chi connectivity index (χ0v) is 35.4. The van der Waals surface area contributed by atoms with Gasteiger partial charge in [-0.3, -0.25) is 34.3 Å². The van der Waals surface area contributed by atoms with E-state index in [1.807, 2.05) is 12.1 Å². The number of carbonyl (C=O) groups is 4. The summed E-state index contributed by atoms with van der Waals surface area (Å²) in [4.78, 5) is 63.5. The molecule has 4 aliphatic heterocycles. The standard InChI is InChI=1S/C45H53ClN8O6/c1-44(2)42(45(3,4)43(44)60-31-10-7-29(25-47)34(46)23-31)50-38(56)28-5-8-30(9-6-28)52-17-14-27(15-18-52)13-16-51-19-21-53(22-20-51)36-24-32-33(26-48-36)41(59)54(40(32)58)35-11-12-37(55)49-39(35)57/h5-10,23-24,26-27,35,40,42-43,58H,11-22H2,1-4H3,(H,50,56)(H,49,55,57)/t35?,40?,42-,43-.